The van der Waals surface area contributed by atoms with Gasteiger partial charge in [0, 0.05) is 5.56 Å². The summed E-state index contributed by atoms with van der Waals surface area (Å²) in [4.78, 5) is 12.2. The van der Waals surface area contributed by atoms with Gasteiger partial charge in [0.1, 0.15) is 5.75 Å². The van der Waals surface area contributed by atoms with Crippen LogP contribution in [0.1, 0.15) is 143 Å². The van der Waals surface area contributed by atoms with Crippen molar-refractivity contribution in [3.8, 4) is 5.75 Å². The SMILES string of the molecule is CCCCCCCCCCCCC(Oc1ccc(C(C)(C)CC)cc1C(C)(C)CC)C(=O)Cl. The normalized spacial score (nSPS) is 13.2. The molecule has 0 N–H and O–H groups in total. The number of carbonyl (C=O) groups is 1. The Kier molecular flexibility index (Phi) is 13.7. The van der Waals surface area contributed by atoms with Gasteiger partial charge in [0.15, 0.2) is 6.10 Å². The molecule has 0 saturated carbocycles. The molecule has 1 aromatic rings. The zero-order valence-corrected chi connectivity index (χ0v) is 23.5. The minimum Gasteiger partial charge on any atom is -0.481 e. The van der Waals surface area contributed by atoms with Crippen LogP contribution in [0.4, 0.5) is 0 Å². The summed E-state index contributed by atoms with van der Waals surface area (Å²) in [6.45, 7) is 15.7. The van der Waals surface area contributed by atoms with Gasteiger partial charge in [-0.05, 0) is 59.7 Å². The van der Waals surface area contributed by atoms with Crippen LogP contribution >= 0.6 is 11.6 Å². The monoisotopic (exact) mass is 478 g/mol. The molecule has 0 saturated heterocycles. The van der Waals surface area contributed by atoms with Crippen LogP contribution < -0.4 is 4.74 Å². The number of hydrogen-bond donors (Lipinski definition) is 0. The lowest BCUT2D eigenvalue weighted by molar-refractivity contribution is -0.118. The van der Waals surface area contributed by atoms with Gasteiger partial charge in [-0.15, -0.1) is 0 Å². The van der Waals surface area contributed by atoms with Crippen molar-refractivity contribution in [2.24, 2.45) is 0 Å². The zero-order valence-electron chi connectivity index (χ0n) is 22.7. The van der Waals surface area contributed by atoms with E-state index in [9.17, 15) is 4.79 Å². The van der Waals surface area contributed by atoms with E-state index in [2.05, 4.69) is 66.7 Å². The molecule has 1 unspecified atom stereocenters. The number of hydrogen-bond acceptors (Lipinski definition) is 2. The van der Waals surface area contributed by atoms with Crippen molar-refractivity contribution in [3.63, 3.8) is 0 Å². The third-order valence-electron chi connectivity index (χ3n) is 7.60. The Labute approximate surface area is 210 Å². The summed E-state index contributed by atoms with van der Waals surface area (Å²) < 4.78 is 6.30. The minimum atomic E-state index is -0.572. The van der Waals surface area contributed by atoms with Gasteiger partial charge in [0.2, 0.25) is 0 Å². The quantitative estimate of drug-likeness (QED) is 0.155. The fourth-order valence-electron chi connectivity index (χ4n) is 4.17. The van der Waals surface area contributed by atoms with E-state index in [1.807, 2.05) is 0 Å². The van der Waals surface area contributed by atoms with Crippen LogP contribution in [0.25, 0.3) is 0 Å². The lowest BCUT2D eigenvalue weighted by atomic mass is 9.76. The Morgan fingerprint density at radius 1 is 0.818 bits per heavy atom. The summed E-state index contributed by atoms with van der Waals surface area (Å²) in [5.74, 6) is 0.809. The molecule has 2 nitrogen and oxygen atoms in total. The molecule has 3 heteroatoms. The van der Waals surface area contributed by atoms with Crippen LogP contribution in [-0.2, 0) is 15.6 Å². The van der Waals surface area contributed by atoms with E-state index in [1.165, 1.54) is 62.5 Å². The highest BCUT2D eigenvalue weighted by molar-refractivity contribution is 6.64. The molecule has 0 aromatic heterocycles. The van der Waals surface area contributed by atoms with Crippen molar-refractivity contribution in [2.45, 2.75) is 149 Å². The molecule has 0 aliphatic carbocycles. The molecule has 0 aliphatic rings. The van der Waals surface area contributed by atoms with Crippen molar-refractivity contribution in [1.29, 1.82) is 0 Å². The average Bonchev–Trinajstić information content (AvgIpc) is 2.79. The second kappa shape index (κ2) is 15.1. The molecule has 1 rings (SSSR count). The Morgan fingerprint density at radius 3 is 1.82 bits per heavy atom. The van der Waals surface area contributed by atoms with Crippen LogP contribution in [0.2, 0.25) is 0 Å². The lowest BCUT2D eigenvalue weighted by Gasteiger charge is -2.31. The number of carbonyl (C=O) groups excluding carboxylic acids is 1. The van der Waals surface area contributed by atoms with Crippen LogP contribution in [-0.4, -0.2) is 11.3 Å². The molecule has 0 radical (unpaired) electrons. The molecule has 1 atom stereocenters. The standard InChI is InChI=1S/C30H51ClO2/c1-8-11-12-13-14-15-16-17-18-19-20-27(28(31)32)33-26-22-21-24(29(4,5)9-2)23-25(26)30(6,7)10-3/h21-23,27H,8-20H2,1-7H3. The number of benzene rings is 1. The Morgan fingerprint density at radius 2 is 1.33 bits per heavy atom. The highest BCUT2D eigenvalue weighted by atomic mass is 35.5. The van der Waals surface area contributed by atoms with Gasteiger partial charge in [-0.2, -0.15) is 0 Å². The molecule has 0 bridgehead atoms. The van der Waals surface area contributed by atoms with E-state index in [1.54, 1.807) is 0 Å². The minimum absolute atomic E-state index is 0.0355. The maximum atomic E-state index is 12.2. The predicted octanol–water partition coefficient (Wildman–Crippen LogP) is 9.89. The summed E-state index contributed by atoms with van der Waals surface area (Å²) in [7, 11) is 0. The van der Waals surface area contributed by atoms with Crippen molar-refractivity contribution in [1.82, 2.24) is 0 Å². The fourth-order valence-corrected chi connectivity index (χ4v) is 4.32. The van der Waals surface area contributed by atoms with E-state index in [0.717, 1.165) is 31.4 Å². The average molecular weight is 479 g/mol. The summed E-state index contributed by atoms with van der Waals surface area (Å²) in [6.07, 6.45) is 14.9. The maximum absolute atomic E-state index is 12.2. The van der Waals surface area contributed by atoms with Gasteiger partial charge >= 0.3 is 0 Å². The highest BCUT2D eigenvalue weighted by Crippen LogP contribution is 2.39. The second-order valence-corrected chi connectivity index (χ2v) is 11.4. The summed E-state index contributed by atoms with van der Waals surface area (Å²) in [6, 6.07) is 6.51. The predicted molar refractivity (Wildman–Crippen MR) is 145 cm³/mol. The smallest absolute Gasteiger partial charge is 0.262 e. The molecule has 33 heavy (non-hydrogen) atoms. The Hall–Kier alpha value is -1.02. The maximum Gasteiger partial charge on any atom is 0.262 e. The summed E-state index contributed by atoms with van der Waals surface area (Å²) in [5, 5.41) is -0.385. The van der Waals surface area contributed by atoms with Crippen LogP contribution in [0, 0.1) is 0 Å². The first-order valence-electron chi connectivity index (χ1n) is 13.6. The molecule has 0 amide bonds. The number of ether oxygens (including phenoxy) is 1. The molecular weight excluding hydrogens is 428 g/mol. The van der Waals surface area contributed by atoms with Crippen molar-refractivity contribution >= 4 is 16.8 Å². The molecule has 0 heterocycles. The van der Waals surface area contributed by atoms with Crippen molar-refractivity contribution < 1.29 is 9.53 Å². The third-order valence-corrected chi connectivity index (χ3v) is 7.84. The van der Waals surface area contributed by atoms with Gasteiger partial charge in [-0.25, -0.2) is 0 Å². The van der Waals surface area contributed by atoms with Gasteiger partial charge < -0.3 is 4.74 Å². The zero-order chi connectivity index (χ0) is 24.9. The first kappa shape index (κ1) is 30.0. The van der Waals surface area contributed by atoms with E-state index in [0.29, 0.717) is 6.42 Å². The Balaban J connectivity index is 2.72. The van der Waals surface area contributed by atoms with E-state index in [4.69, 9.17) is 16.3 Å². The number of unbranched alkanes of at least 4 members (excludes halogenated alkanes) is 9. The van der Waals surface area contributed by atoms with Crippen LogP contribution in [0.5, 0.6) is 5.75 Å². The van der Waals surface area contributed by atoms with Gasteiger partial charge in [-0.3, -0.25) is 4.79 Å². The highest BCUT2D eigenvalue weighted by Gasteiger charge is 2.28. The fraction of sp³-hybridized carbons (Fsp3) is 0.767. The molecule has 190 valence electrons. The van der Waals surface area contributed by atoms with Gasteiger partial charge in [0.25, 0.3) is 5.24 Å². The molecule has 0 fully saturated rings. The summed E-state index contributed by atoms with van der Waals surface area (Å²) in [5.41, 5.74) is 2.56. The van der Waals surface area contributed by atoms with Gasteiger partial charge in [0.05, 0.1) is 0 Å². The van der Waals surface area contributed by atoms with Crippen molar-refractivity contribution in [2.75, 3.05) is 0 Å². The molecule has 0 aliphatic heterocycles. The topological polar surface area (TPSA) is 26.3 Å². The lowest BCUT2D eigenvalue weighted by Crippen LogP contribution is -2.27. The largest absolute Gasteiger partial charge is 0.481 e. The second-order valence-electron chi connectivity index (χ2n) is 11.1. The Bertz CT molecular complexity index is 693. The van der Waals surface area contributed by atoms with E-state index in [-0.39, 0.29) is 16.1 Å². The molecular formula is C30H51ClO2. The first-order chi connectivity index (χ1) is 15.6. The van der Waals surface area contributed by atoms with E-state index >= 15 is 0 Å². The number of rotatable bonds is 18. The van der Waals surface area contributed by atoms with Crippen molar-refractivity contribution in [3.05, 3.63) is 29.3 Å². The first-order valence-corrected chi connectivity index (χ1v) is 14.0. The molecule has 0 spiro atoms. The van der Waals surface area contributed by atoms with Gasteiger partial charge in [-0.1, -0.05) is 118 Å². The van der Waals surface area contributed by atoms with E-state index < -0.39 is 6.10 Å². The summed E-state index contributed by atoms with van der Waals surface area (Å²) >= 11 is 5.98. The van der Waals surface area contributed by atoms with Crippen LogP contribution in [0.3, 0.4) is 0 Å². The van der Waals surface area contributed by atoms with Crippen LogP contribution in [0.15, 0.2) is 18.2 Å². The third kappa shape index (κ3) is 10.4. The number of halogens is 1. The molecule has 1 aromatic carbocycles.